The van der Waals surface area contributed by atoms with Crippen molar-refractivity contribution in [1.82, 2.24) is 19.8 Å². The number of nitrogens with zero attached hydrogens (tertiary/aromatic N) is 5. The van der Waals surface area contributed by atoms with Gasteiger partial charge in [0.2, 0.25) is 0 Å². The number of carbonyl (C=O) groups is 1. The van der Waals surface area contributed by atoms with Crippen LogP contribution >= 0.6 is 11.3 Å². The first kappa shape index (κ1) is 22.8. The minimum atomic E-state index is 0.142. The highest BCUT2D eigenvalue weighted by molar-refractivity contribution is 7.19. The van der Waals surface area contributed by atoms with Crippen molar-refractivity contribution in [3.05, 3.63) is 46.1 Å². The van der Waals surface area contributed by atoms with E-state index in [4.69, 9.17) is 0 Å². The monoisotopic (exact) mass is 488 g/mol. The van der Waals surface area contributed by atoms with Crippen molar-refractivity contribution in [2.24, 2.45) is 10.9 Å². The van der Waals surface area contributed by atoms with E-state index < -0.39 is 0 Å². The Morgan fingerprint density at radius 1 is 1.20 bits per heavy atom. The summed E-state index contributed by atoms with van der Waals surface area (Å²) in [7, 11) is 2.18. The van der Waals surface area contributed by atoms with E-state index >= 15 is 0 Å². The van der Waals surface area contributed by atoms with Crippen molar-refractivity contribution >= 4 is 45.1 Å². The topological polar surface area (TPSA) is 73.7 Å². The van der Waals surface area contributed by atoms with Gasteiger partial charge in [-0.3, -0.25) is 9.79 Å². The van der Waals surface area contributed by atoms with E-state index in [1.54, 1.807) is 17.7 Å². The zero-order valence-electron chi connectivity index (χ0n) is 20.3. The van der Waals surface area contributed by atoms with Gasteiger partial charge >= 0.3 is 0 Å². The maximum absolute atomic E-state index is 13.0. The quantitative estimate of drug-likeness (QED) is 0.541. The van der Waals surface area contributed by atoms with E-state index in [0.29, 0.717) is 12.2 Å². The van der Waals surface area contributed by atoms with Crippen LogP contribution in [0.2, 0.25) is 0 Å². The molecule has 1 fully saturated rings. The molecular formula is C27H32N6OS. The summed E-state index contributed by atoms with van der Waals surface area (Å²) in [5.74, 6) is 1.44. The summed E-state index contributed by atoms with van der Waals surface area (Å²) in [6.07, 6.45) is 7.94. The highest BCUT2D eigenvalue weighted by atomic mass is 32.1. The van der Waals surface area contributed by atoms with Gasteiger partial charge in [0.05, 0.1) is 11.9 Å². The Labute approximate surface area is 210 Å². The molecule has 1 unspecified atom stereocenters. The molecule has 35 heavy (non-hydrogen) atoms. The Hall–Kier alpha value is -2.68. The number of benzene rings is 1. The van der Waals surface area contributed by atoms with Crippen LogP contribution in [0.25, 0.3) is 10.2 Å². The predicted molar refractivity (Wildman–Crippen MR) is 142 cm³/mol. The predicted octanol–water partition coefficient (Wildman–Crippen LogP) is 4.07. The average Bonchev–Trinajstić information content (AvgIpc) is 3.49. The highest BCUT2D eigenvalue weighted by Gasteiger charge is 2.29. The molecule has 0 spiro atoms. The van der Waals surface area contributed by atoms with E-state index in [0.717, 1.165) is 86.7 Å². The molecule has 0 radical (unpaired) electrons. The van der Waals surface area contributed by atoms with E-state index in [9.17, 15) is 4.79 Å². The fraction of sp³-hybridized carbons (Fsp3) is 0.481. The minimum Gasteiger partial charge on any atom is -0.340 e. The van der Waals surface area contributed by atoms with Crippen LogP contribution in [-0.4, -0.2) is 71.5 Å². The average molecular weight is 489 g/mol. The van der Waals surface area contributed by atoms with Crippen LogP contribution in [0.15, 0.2) is 29.5 Å². The fourth-order valence-corrected chi connectivity index (χ4v) is 6.82. The van der Waals surface area contributed by atoms with Crippen molar-refractivity contribution in [1.29, 1.82) is 0 Å². The zero-order valence-corrected chi connectivity index (χ0v) is 21.1. The Bertz CT molecular complexity index is 1280. The van der Waals surface area contributed by atoms with Gasteiger partial charge in [-0.05, 0) is 68.1 Å². The lowest BCUT2D eigenvalue weighted by Gasteiger charge is -2.32. The van der Waals surface area contributed by atoms with Gasteiger partial charge in [-0.25, -0.2) is 9.97 Å². The molecule has 0 saturated carbocycles. The number of anilines is 2. The first-order valence-electron chi connectivity index (χ1n) is 12.7. The summed E-state index contributed by atoms with van der Waals surface area (Å²) in [6, 6.07) is 6.36. The van der Waals surface area contributed by atoms with Crippen LogP contribution < -0.4 is 5.32 Å². The third-order valence-corrected chi connectivity index (χ3v) is 8.86. The number of aryl methyl sites for hydroxylation is 1. The molecule has 182 valence electrons. The van der Waals surface area contributed by atoms with Crippen molar-refractivity contribution < 1.29 is 4.79 Å². The zero-order chi connectivity index (χ0) is 23.8. The molecule has 0 bridgehead atoms. The molecule has 1 aliphatic carbocycles. The van der Waals surface area contributed by atoms with Gasteiger partial charge in [-0.1, -0.05) is 6.07 Å². The number of fused-ring (bicyclic) bond motifs is 4. The molecule has 8 heteroatoms. The standard InChI is InChI=1S/C27H32N6OS/c1-32-9-11-33(12-10-32)8-2-3-23(34)18-5-7-22-24(14-18)35-27-25(22)26(29-17-30-27)31-21-6-4-19-15-28-16-20(19)13-21/h4,6,13,16-18H,2-3,5,7-12,14-15H2,1H3,(H,29,30,31). The second-order valence-corrected chi connectivity index (χ2v) is 11.2. The lowest BCUT2D eigenvalue weighted by atomic mass is 9.84. The Balaban J connectivity index is 1.13. The first-order valence-corrected chi connectivity index (χ1v) is 13.5. The third-order valence-electron chi connectivity index (χ3n) is 7.69. The van der Waals surface area contributed by atoms with Crippen molar-refractivity contribution in [3.8, 4) is 0 Å². The summed E-state index contributed by atoms with van der Waals surface area (Å²) in [5.41, 5.74) is 4.77. The number of Topliss-reactive ketones (excluding diaryl/α,β-unsaturated/α-hetero) is 1. The number of rotatable bonds is 7. The van der Waals surface area contributed by atoms with E-state index in [-0.39, 0.29) is 5.92 Å². The van der Waals surface area contributed by atoms with Crippen molar-refractivity contribution in [3.63, 3.8) is 0 Å². The SMILES string of the molecule is CN1CCN(CCCC(=O)C2CCc3c(sc4ncnc(Nc5ccc6c(c5)C=NC6)c34)C2)CC1. The summed E-state index contributed by atoms with van der Waals surface area (Å²) in [5, 5.41) is 4.66. The van der Waals surface area contributed by atoms with Gasteiger partial charge in [0, 0.05) is 55.3 Å². The van der Waals surface area contributed by atoms with Gasteiger partial charge in [-0.2, -0.15) is 0 Å². The summed E-state index contributed by atoms with van der Waals surface area (Å²) in [6.45, 7) is 6.31. The van der Waals surface area contributed by atoms with Crippen LogP contribution in [0.4, 0.5) is 11.5 Å². The number of thiophene rings is 1. The molecule has 1 aromatic carbocycles. The van der Waals surface area contributed by atoms with Gasteiger partial charge < -0.3 is 15.1 Å². The van der Waals surface area contributed by atoms with E-state index in [1.807, 2.05) is 6.21 Å². The van der Waals surface area contributed by atoms with Gasteiger partial charge in [0.25, 0.3) is 0 Å². The number of likely N-dealkylation sites (N-methyl/N-ethyl adjacent to an activating group) is 1. The fourth-order valence-electron chi connectivity index (χ4n) is 5.55. The van der Waals surface area contributed by atoms with Gasteiger partial charge in [0.15, 0.2) is 0 Å². The maximum Gasteiger partial charge on any atom is 0.142 e. The van der Waals surface area contributed by atoms with Crippen LogP contribution in [0.5, 0.6) is 0 Å². The molecule has 7 nitrogen and oxygen atoms in total. The van der Waals surface area contributed by atoms with Crippen LogP contribution in [0.1, 0.15) is 40.8 Å². The molecule has 1 N–H and O–H groups in total. The summed E-state index contributed by atoms with van der Waals surface area (Å²) < 4.78 is 0. The molecule has 1 saturated heterocycles. The molecule has 1 atom stereocenters. The molecule has 0 amide bonds. The van der Waals surface area contributed by atoms with Crippen molar-refractivity contribution in [2.75, 3.05) is 45.1 Å². The van der Waals surface area contributed by atoms with Gasteiger partial charge in [-0.15, -0.1) is 11.3 Å². The molecule has 2 aromatic heterocycles. The van der Waals surface area contributed by atoms with Crippen LogP contribution in [-0.2, 0) is 24.2 Å². The number of aromatic nitrogens is 2. The number of aliphatic imine (C=N–C) groups is 1. The molecule has 3 aromatic rings. The molecular weight excluding hydrogens is 456 g/mol. The normalized spacial score (nSPS) is 20.2. The number of piperazine rings is 1. The summed E-state index contributed by atoms with van der Waals surface area (Å²) >= 11 is 1.74. The van der Waals surface area contributed by atoms with E-state index in [1.165, 1.54) is 21.6 Å². The minimum absolute atomic E-state index is 0.142. The number of hydrogen-bond acceptors (Lipinski definition) is 8. The smallest absolute Gasteiger partial charge is 0.142 e. The first-order chi connectivity index (χ1) is 17.1. The maximum atomic E-state index is 13.0. The number of carbonyl (C=O) groups excluding carboxylic acids is 1. The molecule has 2 aliphatic heterocycles. The number of hydrogen-bond donors (Lipinski definition) is 1. The van der Waals surface area contributed by atoms with Crippen LogP contribution in [0, 0.1) is 5.92 Å². The van der Waals surface area contributed by atoms with Crippen LogP contribution in [0.3, 0.4) is 0 Å². The lowest BCUT2D eigenvalue weighted by Crippen LogP contribution is -2.44. The number of ketones is 1. The molecule has 4 heterocycles. The van der Waals surface area contributed by atoms with Crippen molar-refractivity contribution in [2.45, 2.75) is 38.6 Å². The Morgan fingerprint density at radius 2 is 2.09 bits per heavy atom. The van der Waals surface area contributed by atoms with Gasteiger partial charge in [0.1, 0.15) is 22.8 Å². The largest absolute Gasteiger partial charge is 0.340 e. The second-order valence-electron chi connectivity index (χ2n) is 10.1. The Morgan fingerprint density at radius 3 is 2.97 bits per heavy atom. The number of nitrogens with one attached hydrogen (secondary N) is 1. The highest BCUT2D eigenvalue weighted by Crippen LogP contribution is 2.41. The second kappa shape index (κ2) is 9.76. The lowest BCUT2D eigenvalue weighted by molar-refractivity contribution is -0.123. The summed E-state index contributed by atoms with van der Waals surface area (Å²) in [4.78, 5) is 33.8. The third kappa shape index (κ3) is 4.75. The molecule has 3 aliphatic rings. The van der Waals surface area contributed by atoms with E-state index in [2.05, 4.69) is 55.3 Å². The Kier molecular flexibility index (Phi) is 6.35. The molecule has 6 rings (SSSR count).